The predicted octanol–water partition coefficient (Wildman–Crippen LogP) is 6.54. The largest absolute Gasteiger partial charge is 0.299 e. The van der Waals surface area contributed by atoms with Gasteiger partial charge in [-0.3, -0.25) is 0 Å². The van der Waals surface area contributed by atoms with Crippen molar-refractivity contribution in [1.82, 2.24) is 9.38 Å². The van der Waals surface area contributed by atoms with Crippen LogP contribution in [0.25, 0.3) is 39.0 Å². The molecule has 0 spiro atoms. The fourth-order valence-corrected chi connectivity index (χ4v) is 6.08. The number of imidazole rings is 1. The van der Waals surface area contributed by atoms with Crippen molar-refractivity contribution in [3.63, 3.8) is 0 Å². The molecule has 1 aliphatic rings. The molecule has 2 unspecified atom stereocenters. The zero-order valence-electron chi connectivity index (χ0n) is 19.0. The first-order valence-corrected chi connectivity index (χ1v) is 11.5. The van der Waals surface area contributed by atoms with E-state index in [4.69, 9.17) is 4.98 Å². The first kappa shape index (κ1) is 19.4. The van der Waals surface area contributed by atoms with Gasteiger partial charge in [0.1, 0.15) is 11.4 Å². The van der Waals surface area contributed by atoms with Gasteiger partial charge in [0.25, 0.3) is 5.65 Å². The minimum Gasteiger partial charge on any atom is -0.216 e. The fraction of sp³-hybridized carbons (Fsp3) is 0.286. The average molecular weight is 425 g/mol. The fourth-order valence-electron chi connectivity index (χ4n) is 6.08. The van der Waals surface area contributed by atoms with Gasteiger partial charge < -0.3 is 0 Å². The van der Waals surface area contributed by atoms with Gasteiger partial charge in [0, 0.05) is 5.41 Å². The van der Waals surface area contributed by atoms with Crippen LogP contribution >= 0.6 is 0 Å². The topological polar surface area (TPSA) is 21.2 Å². The smallest absolute Gasteiger partial charge is 0.216 e. The molecule has 0 N–H and O–H groups in total. The van der Waals surface area contributed by atoms with E-state index in [0.717, 1.165) is 35.0 Å². The Labute approximate surface area is 187 Å². The molecule has 6 rings (SSSR count). The van der Waals surface area contributed by atoms with Crippen molar-refractivity contribution in [2.45, 2.75) is 51.5 Å². The lowest BCUT2D eigenvalue weighted by Gasteiger charge is -2.46. The van der Waals surface area contributed by atoms with Gasteiger partial charge in [0.15, 0.2) is 11.0 Å². The molecule has 0 amide bonds. The molecule has 2 atom stereocenters. The molecule has 4 heteroatoms. The molecule has 0 fully saturated rings. The second-order valence-electron chi connectivity index (χ2n) is 9.41. The lowest BCUT2D eigenvalue weighted by atomic mass is 9.62. The molecule has 0 aliphatic carbocycles. The minimum absolute atomic E-state index is 0.0647. The molecule has 3 heterocycles. The Bertz CT molecular complexity index is 1550. The van der Waals surface area contributed by atoms with Gasteiger partial charge in [-0.05, 0) is 55.7 Å². The van der Waals surface area contributed by atoms with Crippen molar-refractivity contribution < 1.29 is 8.96 Å². The lowest BCUT2D eigenvalue weighted by Crippen LogP contribution is -2.66. The van der Waals surface area contributed by atoms with Crippen LogP contribution in [-0.2, 0) is 11.0 Å². The van der Waals surface area contributed by atoms with E-state index >= 15 is 4.39 Å². The van der Waals surface area contributed by atoms with Crippen molar-refractivity contribution in [1.29, 1.82) is 0 Å². The molecular formula is C28H27FN3+. The van der Waals surface area contributed by atoms with Crippen LogP contribution in [0, 0.1) is 5.82 Å². The molecule has 160 valence electrons. The normalized spacial score (nSPS) is 22.4. The van der Waals surface area contributed by atoms with Crippen molar-refractivity contribution in [3.05, 3.63) is 78.1 Å². The van der Waals surface area contributed by atoms with Crippen LogP contribution in [0.4, 0.5) is 4.39 Å². The number of fused-ring (bicyclic) bond motifs is 3. The summed E-state index contributed by atoms with van der Waals surface area (Å²) in [6, 6.07) is 21.9. The monoisotopic (exact) mass is 424 g/mol. The number of nitrogens with zero attached hydrogens (tertiary/aromatic N) is 3. The van der Waals surface area contributed by atoms with Crippen LogP contribution in [0.1, 0.15) is 46.1 Å². The van der Waals surface area contributed by atoms with Crippen molar-refractivity contribution in [2.75, 3.05) is 0 Å². The van der Waals surface area contributed by atoms with Crippen LogP contribution < -0.4 is 4.57 Å². The first-order valence-electron chi connectivity index (χ1n) is 11.5. The maximum atomic E-state index is 15.0. The Morgan fingerprint density at radius 1 is 0.906 bits per heavy atom. The predicted molar refractivity (Wildman–Crippen MR) is 127 cm³/mol. The number of rotatable bonds is 3. The van der Waals surface area contributed by atoms with Gasteiger partial charge in [0.05, 0.1) is 16.5 Å². The van der Waals surface area contributed by atoms with Gasteiger partial charge in [-0.1, -0.05) is 57.2 Å². The van der Waals surface area contributed by atoms with E-state index in [2.05, 4.69) is 79.1 Å². The third-order valence-corrected chi connectivity index (χ3v) is 8.28. The summed E-state index contributed by atoms with van der Waals surface area (Å²) in [5.74, 6) is 0.395. The Morgan fingerprint density at radius 2 is 1.66 bits per heavy atom. The minimum atomic E-state index is -0.255. The number of hydrogen-bond acceptors (Lipinski definition) is 1. The van der Waals surface area contributed by atoms with E-state index in [1.54, 1.807) is 6.07 Å². The molecule has 3 aromatic carbocycles. The van der Waals surface area contributed by atoms with Gasteiger partial charge >= 0.3 is 0 Å². The third-order valence-electron chi connectivity index (χ3n) is 8.28. The summed E-state index contributed by atoms with van der Waals surface area (Å²) in [4.78, 5) is 5.08. The first-order chi connectivity index (χ1) is 15.5. The molecule has 3 nitrogen and oxygen atoms in total. The summed E-state index contributed by atoms with van der Waals surface area (Å²) < 4.78 is 19.7. The van der Waals surface area contributed by atoms with E-state index in [-0.39, 0.29) is 16.8 Å². The molecule has 5 aromatic rings. The molecule has 0 saturated carbocycles. The van der Waals surface area contributed by atoms with Gasteiger partial charge in [-0.25, -0.2) is 13.9 Å². The lowest BCUT2D eigenvalue weighted by molar-refractivity contribution is -0.728. The van der Waals surface area contributed by atoms with Crippen molar-refractivity contribution in [3.8, 4) is 11.4 Å². The van der Waals surface area contributed by atoms with Gasteiger partial charge in [-0.2, -0.15) is 4.40 Å². The SMILES string of the molecule is CCC1(C)c2cccc3nc(-c4ccccc4F)n4c5ccccc5[n+](c4c23)C1(C)CC. The highest BCUT2D eigenvalue weighted by Crippen LogP contribution is 2.50. The summed E-state index contributed by atoms with van der Waals surface area (Å²) in [5, 5.41) is 1.18. The zero-order valence-corrected chi connectivity index (χ0v) is 19.0. The van der Waals surface area contributed by atoms with Gasteiger partial charge in [-0.15, -0.1) is 0 Å². The second-order valence-corrected chi connectivity index (χ2v) is 9.41. The Kier molecular flexibility index (Phi) is 3.87. The van der Waals surface area contributed by atoms with E-state index in [0.29, 0.717) is 11.4 Å². The highest BCUT2D eigenvalue weighted by Gasteiger charge is 2.55. The van der Waals surface area contributed by atoms with Crippen molar-refractivity contribution >= 4 is 27.6 Å². The van der Waals surface area contributed by atoms with Crippen LogP contribution in [0.15, 0.2) is 66.7 Å². The van der Waals surface area contributed by atoms with E-state index < -0.39 is 0 Å². The Morgan fingerprint density at radius 3 is 2.41 bits per heavy atom. The quantitative estimate of drug-likeness (QED) is 0.301. The summed E-state index contributed by atoms with van der Waals surface area (Å²) >= 11 is 0. The Hall–Kier alpha value is -3.27. The van der Waals surface area contributed by atoms with E-state index in [9.17, 15) is 0 Å². The van der Waals surface area contributed by atoms with E-state index in [1.165, 1.54) is 17.0 Å². The average Bonchev–Trinajstić information content (AvgIpc) is 3.18. The summed E-state index contributed by atoms with van der Waals surface area (Å²) in [5.41, 5.74) is 5.90. The number of para-hydroxylation sites is 2. The number of benzene rings is 3. The van der Waals surface area contributed by atoms with Crippen LogP contribution in [-0.4, -0.2) is 9.38 Å². The van der Waals surface area contributed by atoms with Crippen LogP contribution in [0.3, 0.4) is 0 Å². The van der Waals surface area contributed by atoms with Crippen LogP contribution in [0.5, 0.6) is 0 Å². The number of halogens is 1. The highest BCUT2D eigenvalue weighted by atomic mass is 19.1. The molecule has 0 saturated heterocycles. The number of aromatic nitrogens is 3. The maximum Gasteiger partial charge on any atom is 0.299 e. The van der Waals surface area contributed by atoms with Gasteiger partial charge in [0.2, 0.25) is 5.82 Å². The van der Waals surface area contributed by atoms with Crippen molar-refractivity contribution in [2.24, 2.45) is 0 Å². The molecule has 2 aromatic heterocycles. The summed E-state index contributed by atoms with van der Waals surface area (Å²) in [6.45, 7) is 9.34. The molecular weight excluding hydrogens is 397 g/mol. The third kappa shape index (κ3) is 2.10. The zero-order chi connectivity index (χ0) is 22.3. The molecule has 32 heavy (non-hydrogen) atoms. The number of hydrogen-bond donors (Lipinski definition) is 0. The standard InChI is InChI=1S/C28H27FN3/c1-5-27(3)19-13-11-15-21-24(19)26-31(25(30-21)18-12-7-8-14-20(18)29)22-16-9-10-17-23(22)32(26)28(27,4)6-2/h7-17H,5-6H2,1-4H3/q+1. The maximum absolute atomic E-state index is 15.0. The second kappa shape index (κ2) is 6.38. The highest BCUT2D eigenvalue weighted by molar-refractivity contribution is 5.99. The van der Waals surface area contributed by atoms with Crippen LogP contribution in [0.2, 0.25) is 0 Å². The molecule has 0 radical (unpaired) electrons. The van der Waals surface area contributed by atoms with E-state index in [1.807, 2.05) is 12.1 Å². The summed E-state index contributed by atoms with van der Waals surface area (Å²) in [7, 11) is 0. The molecule has 0 bridgehead atoms. The summed E-state index contributed by atoms with van der Waals surface area (Å²) in [6.07, 6.45) is 2.00. The molecule has 1 aliphatic heterocycles. The Balaban J connectivity index is 1.97.